The minimum atomic E-state index is 0.534. The summed E-state index contributed by atoms with van der Waals surface area (Å²) in [6.45, 7) is 5.17. The van der Waals surface area contributed by atoms with Crippen LogP contribution in [0, 0.1) is 5.92 Å². The lowest BCUT2D eigenvalue weighted by Gasteiger charge is -2.21. The molecule has 1 aromatic heterocycles. The summed E-state index contributed by atoms with van der Waals surface area (Å²) in [6.07, 6.45) is 9.48. The normalized spacial score (nSPS) is 18.9. The van der Waals surface area contributed by atoms with Crippen LogP contribution in [0.2, 0.25) is 5.02 Å². The van der Waals surface area contributed by atoms with Gasteiger partial charge in [0.15, 0.2) is 0 Å². The molecule has 0 aliphatic carbocycles. The predicted octanol–water partition coefficient (Wildman–Crippen LogP) is 5.22. The molecule has 4 nitrogen and oxygen atoms in total. The Morgan fingerprint density at radius 1 is 0.935 bits per heavy atom. The van der Waals surface area contributed by atoms with E-state index in [2.05, 4.69) is 57.8 Å². The minimum absolute atomic E-state index is 0.534. The lowest BCUT2D eigenvalue weighted by atomic mass is 9.92. The Morgan fingerprint density at radius 3 is 2.39 bits per heavy atom. The van der Waals surface area contributed by atoms with Gasteiger partial charge in [-0.05, 0) is 87.1 Å². The summed E-state index contributed by atoms with van der Waals surface area (Å²) in [5.41, 5.74) is 4.98. The Balaban J connectivity index is 1.49. The van der Waals surface area contributed by atoms with Crippen LogP contribution in [0.25, 0.3) is 17.0 Å². The zero-order chi connectivity index (χ0) is 21.0. The number of hydrogen-bond donors (Lipinski definition) is 2. The van der Waals surface area contributed by atoms with Crippen molar-refractivity contribution in [1.29, 1.82) is 0 Å². The third kappa shape index (κ3) is 4.87. The van der Waals surface area contributed by atoms with Crippen molar-refractivity contribution in [2.24, 2.45) is 5.92 Å². The van der Waals surface area contributed by atoms with Gasteiger partial charge in [-0.25, -0.2) is 0 Å². The highest BCUT2D eigenvalue weighted by Crippen LogP contribution is 2.32. The molecule has 0 amide bonds. The molecule has 0 bridgehead atoms. The average Bonchev–Trinajstić information content (AvgIpc) is 3.18. The molecular formula is C26H31ClN4. The lowest BCUT2D eigenvalue weighted by Crippen LogP contribution is -2.27. The summed E-state index contributed by atoms with van der Waals surface area (Å²) < 4.78 is 2.19. The molecule has 5 heteroatoms. The Hall–Kier alpha value is -2.14. The third-order valence-corrected chi connectivity index (χ3v) is 6.97. The molecule has 2 aliphatic rings. The highest BCUT2D eigenvalue weighted by atomic mass is 35.5. The van der Waals surface area contributed by atoms with Crippen molar-refractivity contribution in [3.8, 4) is 0 Å². The molecule has 3 heterocycles. The molecule has 0 saturated carbocycles. The van der Waals surface area contributed by atoms with Crippen LogP contribution < -0.4 is 10.6 Å². The van der Waals surface area contributed by atoms with E-state index in [1.807, 2.05) is 12.1 Å². The second-order valence-electron chi connectivity index (χ2n) is 8.92. The average molecular weight is 435 g/mol. The van der Waals surface area contributed by atoms with Gasteiger partial charge in [0.05, 0.1) is 17.8 Å². The zero-order valence-corrected chi connectivity index (χ0v) is 18.7. The van der Waals surface area contributed by atoms with Crippen molar-refractivity contribution in [3.63, 3.8) is 0 Å². The van der Waals surface area contributed by atoms with Crippen molar-refractivity contribution in [2.45, 2.75) is 38.1 Å². The fourth-order valence-corrected chi connectivity index (χ4v) is 5.01. The van der Waals surface area contributed by atoms with Crippen LogP contribution in [-0.2, 0) is 6.54 Å². The second kappa shape index (κ2) is 9.56. The largest absolute Gasteiger partial charge is 0.317 e. The maximum absolute atomic E-state index is 6.10. The first-order valence-corrected chi connectivity index (χ1v) is 12.0. The van der Waals surface area contributed by atoms with Crippen LogP contribution in [0.4, 0.5) is 0 Å². The van der Waals surface area contributed by atoms with Crippen LogP contribution in [0.1, 0.15) is 48.4 Å². The maximum Gasteiger partial charge on any atom is 0.0735 e. The molecule has 0 spiro atoms. The SMILES string of the molecule is Clc1ccc(Cn2nc(C3CCNCC3)c3ccc(/C=C/C4CCNCC4)cc32)cc1. The van der Waals surface area contributed by atoms with Gasteiger partial charge < -0.3 is 10.6 Å². The molecule has 2 fully saturated rings. The van der Waals surface area contributed by atoms with Gasteiger partial charge in [0.1, 0.15) is 0 Å². The molecule has 2 aliphatic heterocycles. The number of benzene rings is 2. The Kier molecular flexibility index (Phi) is 6.40. The molecule has 2 N–H and O–H groups in total. The molecule has 3 aromatic rings. The number of halogens is 1. The quantitative estimate of drug-likeness (QED) is 0.578. The van der Waals surface area contributed by atoms with E-state index in [9.17, 15) is 0 Å². The zero-order valence-electron chi connectivity index (χ0n) is 18.0. The Bertz CT molecular complexity index is 1040. The molecule has 0 radical (unpaired) electrons. The van der Waals surface area contributed by atoms with Gasteiger partial charge in [-0.1, -0.05) is 48.0 Å². The fourth-order valence-electron chi connectivity index (χ4n) is 4.88. The topological polar surface area (TPSA) is 41.9 Å². The number of nitrogens with zero attached hydrogens (tertiary/aromatic N) is 2. The molecule has 0 atom stereocenters. The van der Waals surface area contributed by atoms with Gasteiger partial charge in [0.25, 0.3) is 0 Å². The number of aromatic nitrogens is 2. The van der Waals surface area contributed by atoms with E-state index < -0.39 is 0 Å². The van der Waals surface area contributed by atoms with E-state index >= 15 is 0 Å². The summed E-state index contributed by atoms with van der Waals surface area (Å²) in [4.78, 5) is 0. The summed E-state index contributed by atoms with van der Waals surface area (Å²) >= 11 is 6.10. The van der Waals surface area contributed by atoms with E-state index in [-0.39, 0.29) is 0 Å². The maximum atomic E-state index is 6.10. The molecule has 162 valence electrons. The van der Waals surface area contributed by atoms with E-state index in [0.717, 1.165) is 50.6 Å². The van der Waals surface area contributed by atoms with Crippen LogP contribution in [0.5, 0.6) is 0 Å². The van der Waals surface area contributed by atoms with Crippen molar-refractivity contribution < 1.29 is 0 Å². The molecule has 5 rings (SSSR count). The molecule has 2 aromatic carbocycles. The van der Waals surface area contributed by atoms with Gasteiger partial charge >= 0.3 is 0 Å². The highest BCUT2D eigenvalue weighted by molar-refractivity contribution is 6.30. The Morgan fingerprint density at radius 2 is 1.65 bits per heavy atom. The first kappa shape index (κ1) is 20.7. The highest BCUT2D eigenvalue weighted by Gasteiger charge is 2.22. The van der Waals surface area contributed by atoms with Gasteiger partial charge in [0, 0.05) is 16.3 Å². The van der Waals surface area contributed by atoms with Crippen molar-refractivity contribution in [3.05, 3.63) is 70.4 Å². The van der Waals surface area contributed by atoms with Gasteiger partial charge in [0.2, 0.25) is 0 Å². The number of allylic oxidation sites excluding steroid dienone is 1. The molecule has 31 heavy (non-hydrogen) atoms. The van der Waals surface area contributed by atoms with Gasteiger partial charge in [-0.2, -0.15) is 5.10 Å². The summed E-state index contributed by atoms with van der Waals surface area (Å²) in [5, 5.41) is 14.2. The monoisotopic (exact) mass is 434 g/mol. The number of piperidine rings is 2. The fraction of sp³-hybridized carbons (Fsp3) is 0.423. The van der Waals surface area contributed by atoms with Crippen LogP contribution in [-0.4, -0.2) is 36.0 Å². The smallest absolute Gasteiger partial charge is 0.0735 e. The summed E-state index contributed by atoms with van der Waals surface area (Å²) in [5.74, 6) is 1.22. The number of fused-ring (bicyclic) bond motifs is 1. The van der Waals surface area contributed by atoms with E-state index in [4.69, 9.17) is 16.7 Å². The Labute approximate surface area is 189 Å². The van der Waals surface area contributed by atoms with E-state index in [1.54, 1.807) is 0 Å². The van der Waals surface area contributed by atoms with E-state index in [0.29, 0.717) is 11.8 Å². The predicted molar refractivity (Wildman–Crippen MR) is 130 cm³/mol. The van der Waals surface area contributed by atoms with Crippen LogP contribution >= 0.6 is 11.6 Å². The van der Waals surface area contributed by atoms with Crippen LogP contribution in [0.3, 0.4) is 0 Å². The number of nitrogens with one attached hydrogen (secondary N) is 2. The molecule has 2 saturated heterocycles. The number of hydrogen-bond acceptors (Lipinski definition) is 3. The molecule has 0 unspecified atom stereocenters. The first-order chi connectivity index (χ1) is 15.3. The third-order valence-electron chi connectivity index (χ3n) is 6.72. The van der Waals surface area contributed by atoms with E-state index in [1.165, 1.54) is 40.6 Å². The second-order valence-corrected chi connectivity index (χ2v) is 9.35. The van der Waals surface area contributed by atoms with Crippen LogP contribution in [0.15, 0.2) is 48.5 Å². The van der Waals surface area contributed by atoms with Gasteiger partial charge in [-0.15, -0.1) is 0 Å². The summed E-state index contributed by atoms with van der Waals surface area (Å²) in [7, 11) is 0. The number of rotatable bonds is 5. The molecular weight excluding hydrogens is 404 g/mol. The van der Waals surface area contributed by atoms with Gasteiger partial charge in [-0.3, -0.25) is 4.68 Å². The van der Waals surface area contributed by atoms with Crippen molar-refractivity contribution in [1.82, 2.24) is 20.4 Å². The van der Waals surface area contributed by atoms with Crippen molar-refractivity contribution in [2.75, 3.05) is 26.2 Å². The standard InChI is InChI=1S/C26H31ClN4/c27-23-6-3-21(4-7-23)18-31-25-17-20(2-1-19-9-13-28-14-10-19)5-8-24(25)26(30-31)22-11-15-29-16-12-22/h1-8,17,19,22,28-29H,9-16,18H2/b2-1+. The lowest BCUT2D eigenvalue weighted by molar-refractivity contribution is 0.438. The first-order valence-electron chi connectivity index (χ1n) is 11.6. The minimum Gasteiger partial charge on any atom is -0.317 e. The van der Waals surface area contributed by atoms with Crippen molar-refractivity contribution >= 4 is 28.6 Å². The summed E-state index contributed by atoms with van der Waals surface area (Å²) in [6, 6.07) is 15.0.